The third-order valence-electron chi connectivity index (χ3n) is 5.92. The first-order valence-corrected chi connectivity index (χ1v) is 9.37. The van der Waals surface area contributed by atoms with Crippen LogP contribution in [0.5, 0.6) is 0 Å². The van der Waals surface area contributed by atoms with Crippen molar-refractivity contribution in [3.8, 4) is 0 Å². The molecule has 2 fully saturated rings. The summed E-state index contributed by atoms with van der Waals surface area (Å²) < 4.78 is 13.5. The van der Waals surface area contributed by atoms with Crippen LogP contribution in [0, 0.1) is 24.6 Å². The molecule has 1 aliphatic heterocycles. The van der Waals surface area contributed by atoms with Crippen molar-refractivity contribution in [1.29, 1.82) is 0 Å². The number of fused-ring (bicyclic) bond motifs is 1. The van der Waals surface area contributed by atoms with Crippen LogP contribution in [0.4, 0.5) is 4.39 Å². The Morgan fingerprint density at radius 3 is 2.96 bits per heavy atom. The summed E-state index contributed by atoms with van der Waals surface area (Å²) in [5, 5.41) is 4.11. The molecule has 1 saturated carbocycles. The molecule has 0 spiro atoms. The number of H-pyrrole nitrogens is 1. The fourth-order valence-electron chi connectivity index (χ4n) is 4.02. The summed E-state index contributed by atoms with van der Waals surface area (Å²) in [5.74, 6) is 0.862. The highest BCUT2D eigenvalue weighted by Gasteiger charge is 2.28. The largest absolute Gasteiger partial charge is 0.357 e. The molecule has 4 nitrogen and oxygen atoms in total. The molecular weight excluding hydrogens is 317 g/mol. The molecule has 134 valence electrons. The van der Waals surface area contributed by atoms with E-state index in [9.17, 15) is 9.18 Å². The topological polar surface area (TPSA) is 48.1 Å². The predicted octanol–water partition coefficient (Wildman–Crippen LogP) is 3.35. The van der Waals surface area contributed by atoms with Crippen molar-refractivity contribution < 1.29 is 9.18 Å². The van der Waals surface area contributed by atoms with Crippen LogP contribution in [0.1, 0.15) is 36.9 Å². The normalized spacial score (nSPS) is 21.6. The number of amides is 1. The number of likely N-dealkylation sites (tertiary alicyclic amines) is 1. The minimum atomic E-state index is -0.190. The fraction of sp³-hybridized carbons (Fsp3) is 0.550. The number of aryl methyl sites for hydroxylation is 1. The smallest absolute Gasteiger partial charge is 0.223 e. The lowest BCUT2D eigenvalue weighted by atomic mass is 9.85. The number of hydrogen-bond acceptors (Lipinski definition) is 2. The average Bonchev–Trinajstić information content (AvgIpc) is 3.10. The van der Waals surface area contributed by atoms with Gasteiger partial charge in [0, 0.05) is 42.1 Å². The monoisotopic (exact) mass is 343 g/mol. The van der Waals surface area contributed by atoms with Crippen LogP contribution in [-0.4, -0.2) is 35.4 Å². The number of aromatic nitrogens is 1. The van der Waals surface area contributed by atoms with Gasteiger partial charge in [-0.2, -0.15) is 0 Å². The summed E-state index contributed by atoms with van der Waals surface area (Å²) in [6.07, 6.45) is 4.44. The number of halogens is 1. The summed E-state index contributed by atoms with van der Waals surface area (Å²) >= 11 is 0. The number of nitrogens with one attached hydrogen (secondary N) is 2. The lowest BCUT2D eigenvalue weighted by molar-refractivity contribution is -0.127. The maximum atomic E-state index is 13.5. The zero-order valence-corrected chi connectivity index (χ0v) is 14.8. The molecule has 2 N–H and O–H groups in total. The number of aromatic amines is 1. The van der Waals surface area contributed by atoms with Gasteiger partial charge in [-0.3, -0.25) is 9.69 Å². The molecule has 2 aromatic rings. The van der Waals surface area contributed by atoms with E-state index in [0.29, 0.717) is 5.92 Å². The Hall–Kier alpha value is -1.88. The summed E-state index contributed by atoms with van der Waals surface area (Å²) in [5.41, 5.74) is 3.30. The minimum absolute atomic E-state index is 0.190. The first-order valence-electron chi connectivity index (χ1n) is 9.37. The van der Waals surface area contributed by atoms with Crippen molar-refractivity contribution >= 4 is 16.8 Å². The third kappa shape index (κ3) is 3.43. The Bertz CT molecular complexity index is 781. The lowest BCUT2D eigenvalue weighted by Crippen LogP contribution is -2.37. The van der Waals surface area contributed by atoms with E-state index in [4.69, 9.17) is 0 Å². The van der Waals surface area contributed by atoms with E-state index in [1.165, 1.54) is 18.2 Å². The molecule has 1 atom stereocenters. The Labute approximate surface area is 147 Å². The molecule has 1 aromatic heterocycles. The fourth-order valence-corrected chi connectivity index (χ4v) is 4.02. The minimum Gasteiger partial charge on any atom is -0.357 e. The van der Waals surface area contributed by atoms with E-state index in [-0.39, 0.29) is 17.6 Å². The molecule has 1 saturated heterocycles. The number of hydrogen-bond donors (Lipinski definition) is 2. The molecule has 0 radical (unpaired) electrons. The van der Waals surface area contributed by atoms with Crippen molar-refractivity contribution in [2.75, 3.05) is 19.6 Å². The summed E-state index contributed by atoms with van der Waals surface area (Å²) in [4.78, 5) is 17.8. The highest BCUT2D eigenvalue weighted by Crippen LogP contribution is 2.27. The molecule has 25 heavy (non-hydrogen) atoms. The van der Waals surface area contributed by atoms with Crippen LogP contribution in [0.15, 0.2) is 18.2 Å². The van der Waals surface area contributed by atoms with Crippen molar-refractivity contribution in [3.05, 3.63) is 35.3 Å². The van der Waals surface area contributed by atoms with Gasteiger partial charge in [0.05, 0.1) is 0 Å². The molecular formula is C20H26FN3O. The van der Waals surface area contributed by atoms with Gasteiger partial charge in [0.15, 0.2) is 0 Å². The quantitative estimate of drug-likeness (QED) is 0.875. The number of rotatable bonds is 5. The number of carbonyl (C=O) groups is 1. The maximum absolute atomic E-state index is 13.5. The number of benzene rings is 1. The molecule has 4 rings (SSSR count). The Morgan fingerprint density at radius 2 is 2.20 bits per heavy atom. The molecule has 2 heterocycles. The molecule has 1 aromatic carbocycles. The highest BCUT2D eigenvalue weighted by atomic mass is 19.1. The van der Waals surface area contributed by atoms with Gasteiger partial charge < -0.3 is 10.3 Å². The van der Waals surface area contributed by atoms with E-state index in [2.05, 4.69) is 22.1 Å². The van der Waals surface area contributed by atoms with Crippen molar-refractivity contribution in [2.24, 2.45) is 11.8 Å². The van der Waals surface area contributed by atoms with Gasteiger partial charge in [-0.15, -0.1) is 0 Å². The third-order valence-corrected chi connectivity index (χ3v) is 5.92. The maximum Gasteiger partial charge on any atom is 0.223 e. The van der Waals surface area contributed by atoms with E-state index >= 15 is 0 Å². The van der Waals surface area contributed by atoms with Gasteiger partial charge in [-0.1, -0.05) is 6.42 Å². The van der Waals surface area contributed by atoms with Crippen molar-refractivity contribution in [1.82, 2.24) is 15.2 Å². The Morgan fingerprint density at radius 1 is 1.36 bits per heavy atom. The number of carbonyl (C=O) groups excluding carboxylic acids is 1. The molecule has 2 aliphatic rings. The van der Waals surface area contributed by atoms with E-state index in [1.54, 1.807) is 6.07 Å². The van der Waals surface area contributed by atoms with Crippen LogP contribution in [0.2, 0.25) is 0 Å². The second-order valence-electron chi connectivity index (χ2n) is 7.68. The molecule has 0 bridgehead atoms. The zero-order chi connectivity index (χ0) is 17.4. The predicted molar refractivity (Wildman–Crippen MR) is 96.7 cm³/mol. The summed E-state index contributed by atoms with van der Waals surface area (Å²) in [6, 6.07) is 4.91. The molecule has 1 amide bonds. The van der Waals surface area contributed by atoms with Gasteiger partial charge in [-0.05, 0) is 62.4 Å². The second kappa shape index (κ2) is 6.79. The van der Waals surface area contributed by atoms with Crippen LogP contribution in [0.3, 0.4) is 0 Å². The molecule has 5 heteroatoms. The van der Waals surface area contributed by atoms with Crippen LogP contribution >= 0.6 is 0 Å². The van der Waals surface area contributed by atoms with Gasteiger partial charge in [0.2, 0.25) is 5.91 Å². The van der Waals surface area contributed by atoms with Gasteiger partial charge >= 0.3 is 0 Å². The van der Waals surface area contributed by atoms with Crippen LogP contribution < -0.4 is 5.32 Å². The first kappa shape index (κ1) is 16.6. The van der Waals surface area contributed by atoms with E-state index in [1.807, 2.05) is 6.07 Å². The van der Waals surface area contributed by atoms with Gasteiger partial charge in [0.1, 0.15) is 5.82 Å². The molecule has 0 unspecified atom stereocenters. The van der Waals surface area contributed by atoms with Crippen LogP contribution in [-0.2, 0) is 11.3 Å². The highest BCUT2D eigenvalue weighted by molar-refractivity contribution is 5.84. The lowest BCUT2D eigenvalue weighted by Gasteiger charge is -2.25. The Balaban J connectivity index is 1.33. The SMILES string of the molecule is Cc1c(CN2CC[C@@H](CNC(=O)C3CCC3)C2)[nH]c2ccc(F)cc12. The summed E-state index contributed by atoms with van der Waals surface area (Å²) in [7, 11) is 0. The van der Waals surface area contributed by atoms with Crippen molar-refractivity contribution in [2.45, 2.75) is 39.2 Å². The van der Waals surface area contributed by atoms with Crippen molar-refractivity contribution in [3.63, 3.8) is 0 Å². The number of nitrogens with zero attached hydrogens (tertiary/aromatic N) is 1. The van der Waals surface area contributed by atoms with Gasteiger partial charge in [0.25, 0.3) is 0 Å². The van der Waals surface area contributed by atoms with E-state index < -0.39 is 0 Å². The second-order valence-corrected chi connectivity index (χ2v) is 7.68. The standard InChI is InChI=1S/C20H26FN3O/c1-13-17-9-16(21)5-6-18(17)23-19(13)12-24-8-7-14(11-24)10-22-20(25)15-3-2-4-15/h5-6,9,14-15,23H,2-4,7-8,10-12H2,1H3,(H,22,25)/t14-/m0/s1. The van der Waals surface area contributed by atoms with Crippen LogP contribution in [0.25, 0.3) is 10.9 Å². The summed E-state index contributed by atoms with van der Waals surface area (Å²) in [6.45, 7) is 5.76. The average molecular weight is 343 g/mol. The molecule has 1 aliphatic carbocycles. The van der Waals surface area contributed by atoms with E-state index in [0.717, 1.165) is 61.9 Å². The first-order chi connectivity index (χ1) is 12.1. The van der Waals surface area contributed by atoms with Gasteiger partial charge in [-0.25, -0.2) is 4.39 Å². The zero-order valence-electron chi connectivity index (χ0n) is 14.8. The Kier molecular flexibility index (Phi) is 4.50.